The molecule has 2 heterocycles. The summed E-state index contributed by atoms with van der Waals surface area (Å²) in [5.41, 5.74) is 7.84. The van der Waals surface area contributed by atoms with E-state index in [9.17, 15) is 4.79 Å². The van der Waals surface area contributed by atoms with Crippen LogP contribution in [0.25, 0.3) is 0 Å². The molecule has 0 atom stereocenters. The molecule has 2 N–H and O–H groups in total. The Labute approximate surface area is 151 Å². The van der Waals surface area contributed by atoms with Gasteiger partial charge in [0.15, 0.2) is 6.61 Å². The predicted molar refractivity (Wildman–Crippen MR) is 96.6 cm³/mol. The Morgan fingerprint density at radius 1 is 1.15 bits per heavy atom. The van der Waals surface area contributed by atoms with Gasteiger partial charge in [0, 0.05) is 24.2 Å². The fourth-order valence-corrected chi connectivity index (χ4v) is 2.95. The van der Waals surface area contributed by atoms with Crippen LogP contribution >= 0.6 is 0 Å². The molecule has 6 nitrogen and oxygen atoms in total. The molecule has 0 bridgehead atoms. The minimum absolute atomic E-state index is 0.0332. The number of carbonyl (C=O) groups excluding carboxylic acids is 1. The number of rotatable bonds is 4. The standard InChI is InChI=1S/C20H19N3O3/c21-15-8-6-14(7-9-15)20(24)23-11-10-17-18(12-23)26-19(22-17)13-25-16-4-2-1-3-5-16/h1-9H,10-13,21H2. The molecular weight excluding hydrogens is 330 g/mol. The van der Waals surface area contributed by atoms with Gasteiger partial charge in [0.05, 0.1) is 12.2 Å². The summed E-state index contributed by atoms with van der Waals surface area (Å²) in [5, 5.41) is 0. The lowest BCUT2D eigenvalue weighted by molar-refractivity contribution is 0.0718. The number of fused-ring (bicyclic) bond motifs is 1. The molecule has 0 radical (unpaired) electrons. The van der Waals surface area contributed by atoms with Gasteiger partial charge in [-0.25, -0.2) is 4.98 Å². The van der Waals surface area contributed by atoms with Crippen LogP contribution in [0.1, 0.15) is 27.7 Å². The summed E-state index contributed by atoms with van der Waals surface area (Å²) in [5.74, 6) is 1.99. The van der Waals surface area contributed by atoms with Crippen molar-refractivity contribution in [2.45, 2.75) is 19.6 Å². The van der Waals surface area contributed by atoms with Gasteiger partial charge < -0.3 is 19.8 Å². The molecule has 0 fully saturated rings. The van der Waals surface area contributed by atoms with Gasteiger partial charge in [-0.1, -0.05) is 18.2 Å². The highest BCUT2D eigenvalue weighted by atomic mass is 16.5. The van der Waals surface area contributed by atoms with Gasteiger partial charge in [0.25, 0.3) is 5.91 Å². The first-order valence-corrected chi connectivity index (χ1v) is 8.49. The van der Waals surface area contributed by atoms with Gasteiger partial charge in [-0.3, -0.25) is 4.79 Å². The maximum Gasteiger partial charge on any atom is 0.254 e. The van der Waals surface area contributed by atoms with Gasteiger partial charge >= 0.3 is 0 Å². The van der Waals surface area contributed by atoms with E-state index in [1.54, 1.807) is 29.2 Å². The number of nitrogens with two attached hydrogens (primary N) is 1. The number of amides is 1. The molecule has 0 saturated heterocycles. The summed E-state index contributed by atoms with van der Waals surface area (Å²) in [6.07, 6.45) is 0.672. The summed E-state index contributed by atoms with van der Waals surface area (Å²) in [4.78, 5) is 18.9. The Morgan fingerprint density at radius 2 is 1.92 bits per heavy atom. The van der Waals surface area contributed by atoms with Crippen LogP contribution in [0, 0.1) is 0 Å². The Hall–Kier alpha value is -3.28. The zero-order valence-electron chi connectivity index (χ0n) is 14.2. The van der Waals surface area contributed by atoms with Crippen molar-refractivity contribution in [2.75, 3.05) is 12.3 Å². The first kappa shape index (κ1) is 16.2. The normalized spacial score (nSPS) is 13.3. The number of benzene rings is 2. The van der Waals surface area contributed by atoms with E-state index in [0.29, 0.717) is 36.7 Å². The first-order chi connectivity index (χ1) is 12.7. The number of para-hydroxylation sites is 1. The Kier molecular flexibility index (Phi) is 4.31. The molecule has 1 amide bonds. The van der Waals surface area contributed by atoms with Gasteiger partial charge in [0.2, 0.25) is 5.89 Å². The highest BCUT2D eigenvalue weighted by Crippen LogP contribution is 2.22. The monoisotopic (exact) mass is 349 g/mol. The Bertz CT molecular complexity index is 904. The van der Waals surface area contributed by atoms with Crippen LogP contribution in [0.5, 0.6) is 5.75 Å². The average Bonchev–Trinajstić information content (AvgIpc) is 3.09. The Balaban J connectivity index is 1.43. The molecule has 0 spiro atoms. The number of ether oxygens (including phenoxy) is 1. The van der Waals surface area contributed by atoms with Crippen molar-refractivity contribution in [1.82, 2.24) is 9.88 Å². The van der Waals surface area contributed by atoms with Crippen LogP contribution in [0.3, 0.4) is 0 Å². The first-order valence-electron chi connectivity index (χ1n) is 8.49. The van der Waals surface area contributed by atoms with Crippen molar-refractivity contribution in [1.29, 1.82) is 0 Å². The van der Waals surface area contributed by atoms with Crippen molar-refractivity contribution < 1.29 is 13.9 Å². The average molecular weight is 349 g/mol. The molecule has 132 valence electrons. The van der Waals surface area contributed by atoms with Crippen LogP contribution < -0.4 is 10.5 Å². The van der Waals surface area contributed by atoms with Gasteiger partial charge in [-0.05, 0) is 36.4 Å². The number of aromatic nitrogens is 1. The van der Waals surface area contributed by atoms with Crippen LogP contribution in [0.4, 0.5) is 5.69 Å². The highest BCUT2D eigenvalue weighted by Gasteiger charge is 2.26. The third kappa shape index (κ3) is 3.39. The quantitative estimate of drug-likeness (QED) is 0.732. The molecule has 3 aromatic rings. The van der Waals surface area contributed by atoms with Gasteiger partial charge in [-0.2, -0.15) is 0 Å². The van der Waals surface area contributed by atoms with Crippen molar-refractivity contribution >= 4 is 11.6 Å². The molecule has 0 aliphatic carbocycles. The minimum Gasteiger partial charge on any atom is -0.484 e. The van der Waals surface area contributed by atoms with E-state index in [1.165, 1.54) is 0 Å². The smallest absolute Gasteiger partial charge is 0.254 e. The number of anilines is 1. The second-order valence-electron chi connectivity index (χ2n) is 6.18. The third-order valence-corrected chi connectivity index (χ3v) is 4.33. The molecule has 6 heteroatoms. The number of oxazole rings is 1. The topological polar surface area (TPSA) is 81.6 Å². The number of nitrogen functional groups attached to an aromatic ring is 1. The molecule has 4 rings (SSSR count). The van der Waals surface area contributed by atoms with E-state index >= 15 is 0 Å². The molecule has 0 unspecified atom stereocenters. The number of carbonyl (C=O) groups is 1. The molecule has 2 aromatic carbocycles. The molecule has 26 heavy (non-hydrogen) atoms. The van der Waals surface area contributed by atoms with Crippen LogP contribution in [-0.2, 0) is 19.6 Å². The van der Waals surface area contributed by atoms with E-state index < -0.39 is 0 Å². The number of nitrogens with zero attached hydrogens (tertiary/aromatic N) is 2. The zero-order valence-corrected chi connectivity index (χ0v) is 14.2. The summed E-state index contributed by atoms with van der Waals surface area (Å²) in [6, 6.07) is 16.5. The molecular formula is C20H19N3O3. The van der Waals surface area contributed by atoms with E-state index in [0.717, 1.165) is 17.2 Å². The summed E-state index contributed by atoms with van der Waals surface area (Å²) in [6.45, 7) is 1.29. The zero-order chi connectivity index (χ0) is 17.9. The molecule has 1 aromatic heterocycles. The van der Waals surface area contributed by atoms with E-state index in [4.69, 9.17) is 14.9 Å². The van der Waals surface area contributed by atoms with Crippen LogP contribution in [0.2, 0.25) is 0 Å². The SMILES string of the molecule is Nc1ccc(C(=O)N2CCc3nc(COc4ccccc4)oc3C2)cc1. The van der Waals surface area contributed by atoms with Crippen molar-refractivity contribution in [3.8, 4) is 5.75 Å². The Morgan fingerprint density at radius 3 is 2.69 bits per heavy atom. The number of hydrogen-bond acceptors (Lipinski definition) is 5. The number of hydrogen-bond donors (Lipinski definition) is 1. The van der Waals surface area contributed by atoms with Crippen molar-refractivity contribution in [2.24, 2.45) is 0 Å². The summed E-state index contributed by atoms with van der Waals surface area (Å²) < 4.78 is 11.5. The fraction of sp³-hybridized carbons (Fsp3) is 0.200. The molecule has 1 aliphatic heterocycles. The van der Waals surface area contributed by atoms with E-state index in [1.807, 2.05) is 30.3 Å². The van der Waals surface area contributed by atoms with Crippen LogP contribution in [0.15, 0.2) is 59.0 Å². The lowest BCUT2D eigenvalue weighted by Gasteiger charge is -2.25. The minimum atomic E-state index is -0.0332. The summed E-state index contributed by atoms with van der Waals surface area (Å²) >= 11 is 0. The van der Waals surface area contributed by atoms with Crippen molar-refractivity contribution in [3.05, 3.63) is 77.5 Å². The van der Waals surface area contributed by atoms with E-state index in [2.05, 4.69) is 4.98 Å². The second-order valence-corrected chi connectivity index (χ2v) is 6.18. The summed E-state index contributed by atoms with van der Waals surface area (Å²) in [7, 11) is 0. The maximum absolute atomic E-state index is 12.6. The largest absolute Gasteiger partial charge is 0.484 e. The molecule has 1 aliphatic rings. The lowest BCUT2D eigenvalue weighted by Crippen LogP contribution is -2.35. The highest BCUT2D eigenvalue weighted by molar-refractivity contribution is 5.94. The lowest BCUT2D eigenvalue weighted by atomic mass is 10.1. The predicted octanol–water partition coefficient (Wildman–Crippen LogP) is 3.03. The fourth-order valence-electron chi connectivity index (χ4n) is 2.95. The van der Waals surface area contributed by atoms with Crippen molar-refractivity contribution in [3.63, 3.8) is 0 Å². The second kappa shape index (κ2) is 6.92. The van der Waals surface area contributed by atoms with Crippen LogP contribution in [-0.4, -0.2) is 22.3 Å². The molecule has 0 saturated carbocycles. The third-order valence-electron chi connectivity index (χ3n) is 4.33. The van der Waals surface area contributed by atoms with E-state index in [-0.39, 0.29) is 12.5 Å². The van der Waals surface area contributed by atoms with Gasteiger partial charge in [0.1, 0.15) is 11.5 Å². The maximum atomic E-state index is 12.6. The van der Waals surface area contributed by atoms with Gasteiger partial charge in [-0.15, -0.1) is 0 Å².